The van der Waals surface area contributed by atoms with Gasteiger partial charge in [-0.05, 0) is 40.2 Å². The molecule has 2 heterocycles. The van der Waals surface area contributed by atoms with E-state index in [1.807, 2.05) is 18.9 Å². The maximum atomic E-state index is 15.4. The summed E-state index contributed by atoms with van der Waals surface area (Å²) in [6.45, 7) is 7.06. The number of carbonyl (C=O) groups is 2. The van der Waals surface area contributed by atoms with Gasteiger partial charge in [0.2, 0.25) is 18.1 Å². The first-order valence-corrected chi connectivity index (χ1v) is 11.7. The van der Waals surface area contributed by atoms with Gasteiger partial charge in [-0.3, -0.25) is 30.5 Å². The summed E-state index contributed by atoms with van der Waals surface area (Å²) in [5.74, 6) is -0.842. The molecule has 0 aromatic carbocycles. The fraction of sp³-hybridized carbons (Fsp3) is 0.727. The number of hydroxylamine groups is 2. The molecule has 10 nitrogen and oxygen atoms in total. The molecule has 2 amide bonds. The van der Waals surface area contributed by atoms with Crippen molar-refractivity contribution in [2.75, 3.05) is 37.0 Å². The Morgan fingerprint density at radius 2 is 1.97 bits per heavy atom. The molecule has 3 N–H and O–H groups in total. The predicted molar refractivity (Wildman–Crippen MR) is 122 cm³/mol. The summed E-state index contributed by atoms with van der Waals surface area (Å²) < 4.78 is 15.4. The summed E-state index contributed by atoms with van der Waals surface area (Å²) in [6, 6.07) is 0.301. The molecule has 0 spiro atoms. The summed E-state index contributed by atoms with van der Waals surface area (Å²) in [5.41, 5.74) is 5.14. The highest BCUT2D eigenvalue weighted by atomic mass is 19.1. The smallest absolute Gasteiger partial charge is 0.243 e. The van der Waals surface area contributed by atoms with E-state index in [-0.39, 0.29) is 36.7 Å². The summed E-state index contributed by atoms with van der Waals surface area (Å²) >= 11 is 0. The molecular formula is C22H36FN7O3. The largest absolute Gasteiger partial charge is 0.348 e. The number of halogens is 1. The van der Waals surface area contributed by atoms with Crippen LogP contribution in [-0.2, 0) is 9.59 Å². The normalized spacial score (nSPS) is 22.8. The SMILES string of the molecule is Cc1nc(NNC(=O)[C@@H](CC2CCCC2)CN(O)C=O)c(F)c(N2CC(C)N(C)CC2C)n1. The third-order valence-electron chi connectivity index (χ3n) is 6.81. The number of hydrogen-bond donors (Lipinski definition) is 3. The average Bonchev–Trinajstić information content (AvgIpc) is 3.29. The monoisotopic (exact) mass is 465 g/mol. The molecule has 1 saturated carbocycles. The Balaban J connectivity index is 1.72. The fourth-order valence-corrected chi connectivity index (χ4v) is 4.82. The van der Waals surface area contributed by atoms with Crippen LogP contribution in [0.1, 0.15) is 51.8 Å². The summed E-state index contributed by atoms with van der Waals surface area (Å²) in [4.78, 5) is 36.4. The first kappa shape index (κ1) is 25.1. The van der Waals surface area contributed by atoms with Crippen LogP contribution in [0.15, 0.2) is 0 Å². The van der Waals surface area contributed by atoms with Crippen LogP contribution in [0.3, 0.4) is 0 Å². The third kappa shape index (κ3) is 6.29. The summed E-state index contributed by atoms with van der Waals surface area (Å²) in [5, 5.41) is 10.1. The van der Waals surface area contributed by atoms with Crippen molar-refractivity contribution in [2.24, 2.45) is 11.8 Å². The summed E-state index contributed by atoms with van der Waals surface area (Å²) in [6.07, 6.45) is 5.10. The Bertz CT molecular complexity index is 836. The van der Waals surface area contributed by atoms with Crippen LogP contribution in [0.4, 0.5) is 16.0 Å². The minimum absolute atomic E-state index is 0.0621. The number of aryl methyl sites for hydroxylation is 1. The Kier molecular flexibility index (Phi) is 8.41. The maximum Gasteiger partial charge on any atom is 0.243 e. The van der Waals surface area contributed by atoms with E-state index >= 15 is 4.39 Å². The van der Waals surface area contributed by atoms with Crippen LogP contribution in [0.25, 0.3) is 0 Å². The molecule has 1 aromatic heterocycles. The predicted octanol–water partition coefficient (Wildman–Crippen LogP) is 1.94. The van der Waals surface area contributed by atoms with Crippen molar-refractivity contribution in [3.63, 3.8) is 0 Å². The number of aromatic nitrogens is 2. The molecule has 3 atom stereocenters. The zero-order valence-electron chi connectivity index (χ0n) is 19.9. The van der Waals surface area contributed by atoms with E-state index in [2.05, 4.69) is 32.6 Å². The molecule has 33 heavy (non-hydrogen) atoms. The van der Waals surface area contributed by atoms with Gasteiger partial charge in [0, 0.05) is 25.2 Å². The van der Waals surface area contributed by atoms with Crippen LogP contribution >= 0.6 is 0 Å². The highest BCUT2D eigenvalue weighted by molar-refractivity contribution is 5.80. The molecule has 1 aromatic rings. The number of nitrogens with zero attached hydrogens (tertiary/aromatic N) is 5. The Morgan fingerprint density at radius 1 is 1.27 bits per heavy atom. The van der Waals surface area contributed by atoms with Gasteiger partial charge in [0.25, 0.3) is 0 Å². The van der Waals surface area contributed by atoms with Crippen LogP contribution in [-0.4, -0.2) is 76.2 Å². The van der Waals surface area contributed by atoms with Crippen LogP contribution < -0.4 is 15.8 Å². The van der Waals surface area contributed by atoms with E-state index in [0.29, 0.717) is 29.8 Å². The van der Waals surface area contributed by atoms with Gasteiger partial charge in [0.05, 0.1) is 12.5 Å². The minimum atomic E-state index is -0.631. The van der Waals surface area contributed by atoms with E-state index < -0.39 is 17.6 Å². The van der Waals surface area contributed by atoms with Gasteiger partial charge < -0.3 is 4.90 Å². The van der Waals surface area contributed by atoms with Crippen molar-refractivity contribution in [3.8, 4) is 0 Å². The zero-order chi connectivity index (χ0) is 24.1. The van der Waals surface area contributed by atoms with E-state index in [4.69, 9.17) is 0 Å². The van der Waals surface area contributed by atoms with Gasteiger partial charge in [-0.2, -0.15) is 4.39 Å². The van der Waals surface area contributed by atoms with Crippen molar-refractivity contribution < 1.29 is 19.2 Å². The lowest BCUT2D eigenvalue weighted by molar-refractivity contribution is -0.154. The number of piperazine rings is 1. The van der Waals surface area contributed by atoms with Crippen molar-refractivity contribution in [2.45, 2.75) is 65.0 Å². The molecule has 1 aliphatic heterocycles. The van der Waals surface area contributed by atoms with Gasteiger partial charge in [-0.25, -0.2) is 15.0 Å². The molecule has 1 aliphatic carbocycles. The number of anilines is 2. The lowest BCUT2D eigenvalue weighted by Gasteiger charge is -2.43. The second-order valence-corrected chi connectivity index (χ2v) is 9.47. The molecule has 11 heteroatoms. The van der Waals surface area contributed by atoms with Crippen LogP contribution in [0.5, 0.6) is 0 Å². The fourth-order valence-electron chi connectivity index (χ4n) is 4.82. The third-order valence-corrected chi connectivity index (χ3v) is 6.81. The van der Waals surface area contributed by atoms with E-state index in [1.54, 1.807) is 6.92 Å². The Hall–Kier alpha value is -2.53. The van der Waals surface area contributed by atoms with Crippen LogP contribution in [0.2, 0.25) is 0 Å². The highest BCUT2D eigenvalue weighted by Crippen LogP contribution is 2.31. The second-order valence-electron chi connectivity index (χ2n) is 9.47. The quantitative estimate of drug-likeness (QED) is 0.288. The molecule has 2 fully saturated rings. The molecule has 0 bridgehead atoms. The van der Waals surface area contributed by atoms with Crippen LogP contribution in [0, 0.1) is 24.6 Å². The molecule has 1 saturated heterocycles. The number of hydrazine groups is 1. The summed E-state index contributed by atoms with van der Waals surface area (Å²) in [7, 11) is 2.04. The average molecular weight is 466 g/mol. The van der Waals surface area contributed by atoms with E-state index in [9.17, 15) is 14.8 Å². The van der Waals surface area contributed by atoms with Gasteiger partial charge in [-0.15, -0.1) is 0 Å². The number of hydrogen-bond acceptors (Lipinski definition) is 8. The van der Waals surface area contributed by atoms with Gasteiger partial charge in [-0.1, -0.05) is 25.7 Å². The topological polar surface area (TPSA) is 114 Å². The highest BCUT2D eigenvalue weighted by Gasteiger charge is 2.31. The molecular weight excluding hydrogens is 429 g/mol. The van der Waals surface area contributed by atoms with E-state index in [0.717, 1.165) is 32.2 Å². The first-order chi connectivity index (χ1) is 15.7. The Labute approximate surface area is 194 Å². The standard InChI is InChI=1S/C22H36FN7O3/c1-14-11-30(15(2)10-28(14)4)21-19(23)20(24-16(3)25-21)26-27-22(32)18(12-29(33)13-31)9-17-7-5-6-8-17/h13-15,17-18,33H,5-12H2,1-4H3,(H,27,32)(H,24,25,26)/t14?,15?,18-/m0/s1. The number of rotatable bonds is 9. The molecule has 2 unspecified atom stereocenters. The number of likely N-dealkylation sites (N-methyl/N-ethyl adjacent to an activating group) is 1. The minimum Gasteiger partial charge on any atom is -0.348 e. The van der Waals surface area contributed by atoms with Crippen molar-refractivity contribution in [1.29, 1.82) is 0 Å². The maximum absolute atomic E-state index is 15.4. The Morgan fingerprint density at radius 3 is 2.64 bits per heavy atom. The number of carbonyl (C=O) groups excluding carboxylic acids is 2. The number of nitrogens with one attached hydrogen (secondary N) is 2. The van der Waals surface area contributed by atoms with Gasteiger partial charge >= 0.3 is 0 Å². The molecule has 3 rings (SSSR count). The molecule has 184 valence electrons. The first-order valence-electron chi connectivity index (χ1n) is 11.7. The van der Waals surface area contributed by atoms with Crippen molar-refractivity contribution in [3.05, 3.63) is 11.6 Å². The van der Waals surface area contributed by atoms with Crippen molar-refractivity contribution in [1.82, 2.24) is 25.4 Å². The second kappa shape index (κ2) is 11.1. The molecule has 2 aliphatic rings. The lowest BCUT2D eigenvalue weighted by atomic mass is 9.92. The van der Waals surface area contributed by atoms with Crippen molar-refractivity contribution >= 4 is 24.0 Å². The van der Waals surface area contributed by atoms with Gasteiger partial charge in [0.1, 0.15) is 5.82 Å². The number of amides is 2. The van der Waals surface area contributed by atoms with E-state index in [1.165, 1.54) is 0 Å². The van der Waals surface area contributed by atoms with Gasteiger partial charge in [0.15, 0.2) is 11.6 Å². The lowest BCUT2D eigenvalue weighted by Crippen LogP contribution is -2.55. The zero-order valence-corrected chi connectivity index (χ0v) is 19.9. The molecule has 0 radical (unpaired) electrons.